The fourth-order valence-corrected chi connectivity index (χ4v) is 2.37. The first-order chi connectivity index (χ1) is 11.5. The molecule has 0 unspecified atom stereocenters. The SMILES string of the molecule is CCC(=O)c1cc(Cl)ccc1OCC(=O)Nc1ccc(CC)cc1. The number of aryl methyl sites for hydroxylation is 1. The van der Waals surface area contributed by atoms with E-state index in [1.54, 1.807) is 25.1 Å². The van der Waals surface area contributed by atoms with Gasteiger partial charge in [0.05, 0.1) is 5.56 Å². The molecule has 0 saturated heterocycles. The van der Waals surface area contributed by atoms with Crippen LogP contribution in [0.15, 0.2) is 42.5 Å². The average molecular weight is 346 g/mol. The molecule has 24 heavy (non-hydrogen) atoms. The van der Waals surface area contributed by atoms with Crippen molar-refractivity contribution in [2.45, 2.75) is 26.7 Å². The highest BCUT2D eigenvalue weighted by atomic mass is 35.5. The lowest BCUT2D eigenvalue weighted by Gasteiger charge is -2.11. The first kappa shape index (κ1) is 18.0. The van der Waals surface area contributed by atoms with E-state index < -0.39 is 0 Å². The number of nitrogens with one attached hydrogen (secondary N) is 1. The second kappa shape index (κ2) is 8.50. The van der Waals surface area contributed by atoms with Crippen molar-refractivity contribution >= 4 is 29.0 Å². The Bertz CT molecular complexity index is 726. The number of ether oxygens (including phenoxy) is 1. The summed E-state index contributed by atoms with van der Waals surface area (Å²) < 4.78 is 5.50. The summed E-state index contributed by atoms with van der Waals surface area (Å²) in [6.45, 7) is 3.66. The summed E-state index contributed by atoms with van der Waals surface area (Å²) in [5, 5.41) is 3.22. The number of Topliss-reactive ketones (excluding diaryl/α,β-unsaturated/α-hetero) is 1. The quantitative estimate of drug-likeness (QED) is 0.751. The van der Waals surface area contributed by atoms with Gasteiger partial charge in [-0.05, 0) is 42.3 Å². The van der Waals surface area contributed by atoms with Crippen LogP contribution >= 0.6 is 11.6 Å². The van der Waals surface area contributed by atoms with E-state index in [2.05, 4.69) is 12.2 Å². The predicted octanol–water partition coefficient (Wildman–Crippen LogP) is 4.51. The number of hydrogen-bond donors (Lipinski definition) is 1. The van der Waals surface area contributed by atoms with Crippen LogP contribution in [0, 0.1) is 0 Å². The molecule has 0 spiro atoms. The Morgan fingerprint density at radius 1 is 1.08 bits per heavy atom. The highest BCUT2D eigenvalue weighted by Gasteiger charge is 2.13. The minimum atomic E-state index is -0.288. The molecule has 1 amide bonds. The molecule has 0 aromatic heterocycles. The predicted molar refractivity (Wildman–Crippen MR) is 96.0 cm³/mol. The van der Waals surface area contributed by atoms with Gasteiger partial charge in [-0.3, -0.25) is 9.59 Å². The molecule has 0 bridgehead atoms. The monoisotopic (exact) mass is 345 g/mol. The van der Waals surface area contributed by atoms with Gasteiger partial charge in [0, 0.05) is 17.1 Å². The zero-order valence-electron chi connectivity index (χ0n) is 13.8. The number of amides is 1. The largest absolute Gasteiger partial charge is 0.483 e. The number of hydrogen-bond acceptors (Lipinski definition) is 3. The van der Waals surface area contributed by atoms with Crippen LogP contribution in [0.5, 0.6) is 5.75 Å². The van der Waals surface area contributed by atoms with Crippen LogP contribution in [0.4, 0.5) is 5.69 Å². The molecular formula is C19H20ClNO3. The Kier molecular flexibility index (Phi) is 6.38. The van der Waals surface area contributed by atoms with Gasteiger partial charge in [0.15, 0.2) is 12.4 Å². The van der Waals surface area contributed by atoms with Crippen molar-refractivity contribution in [2.24, 2.45) is 0 Å². The van der Waals surface area contributed by atoms with Gasteiger partial charge in [-0.25, -0.2) is 0 Å². The second-order valence-electron chi connectivity index (χ2n) is 5.30. The minimum absolute atomic E-state index is 0.0805. The van der Waals surface area contributed by atoms with Crippen molar-refractivity contribution in [1.29, 1.82) is 0 Å². The van der Waals surface area contributed by atoms with Crippen LogP contribution in [0.2, 0.25) is 5.02 Å². The van der Waals surface area contributed by atoms with Crippen LogP contribution in [-0.4, -0.2) is 18.3 Å². The second-order valence-corrected chi connectivity index (χ2v) is 5.74. The van der Waals surface area contributed by atoms with Gasteiger partial charge in [-0.2, -0.15) is 0 Å². The van der Waals surface area contributed by atoms with Gasteiger partial charge in [-0.1, -0.05) is 37.6 Å². The Hall–Kier alpha value is -2.33. The smallest absolute Gasteiger partial charge is 0.262 e. The van der Waals surface area contributed by atoms with Crippen LogP contribution in [0.3, 0.4) is 0 Å². The van der Waals surface area contributed by atoms with Crippen LogP contribution < -0.4 is 10.1 Å². The van der Waals surface area contributed by atoms with E-state index in [0.717, 1.165) is 6.42 Å². The van der Waals surface area contributed by atoms with Gasteiger partial charge < -0.3 is 10.1 Å². The molecule has 2 aromatic rings. The lowest BCUT2D eigenvalue weighted by atomic mass is 10.1. The number of halogens is 1. The van der Waals surface area contributed by atoms with Crippen molar-refractivity contribution in [2.75, 3.05) is 11.9 Å². The average Bonchev–Trinajstić information content (AvgIpc) is 2.60. The van der Waals surface area contributed by atoms with Crippen molar-refractivity contribution in [3.05, 3.63) is 58.6 Å². The van der Waals surface area contributed by atoms with Crippen LogP contribution in [0.25, 0.3) is 0 Å². The standard InChI is InChI=1S/C19H20ClNO3/c1-3-13-5-8-15(9-6-13)21-19(23)12-24-18-10-7-14(20)11-16(18)17(22)4-2/h5-11H,3-4,12H2,1-2H3,(H,21,23). The highest BCUT2D eigenvalue weighted by Crippen LogP contribution is 2.24. The van der Waals surface area contributed by atoms with E-state index in [1.807, 2.05) is 24.3 Å². The third-order valence-corrected chi connectivity index (χ3v) is 3.80. The van der Waals surface area contributed by atoms with Crippen molar-refractivity contribution in [3.8, 4) is 5.75 Å². The molecule has 5 heteroatoms. The lowest BCUT2D eigenvalue weighted by Crippen LogP contribution is -2.20. The molecule has 0 saturated carbocycles. The Morgan fingerprint density at radius 2 is 1.79 bits per heavy atom. The van der Waals surface area contributed by atoms with E-state index in [-0.39, 0.29) is 18.3 Å². The van der Waals surface area contributed by atoms with E-state index >= 15 is 0 Å². The van der Waals surface area contributed by atoms with E-state index in [0.29, 0.717) is 28.4 Å². The highest BCUT2D eigenvalue weighted by molar-refractivity contribution is 6.31. The van der Waals surface area contributed by atoms with Gasteiger partial charge >= 0.3 is 0 Å². The fourth-order valence-electron chi connectivity index (χ4n) is 2.20. The lowest BCUT2D eigenvalue weighted by molar-refractivity contribution is -0.118. The Labute approximate surface area is 146 Å². The zero-order chi connectivity index (χ0) is 17.5. The number of carbonyl (C=O) groups is 2. The van der Waals surface area contributed by atoms with E-state index in [4.69, 9.17) is 16.3 Å². The molecular weight excluding hydrogens is 326 g/mol. The summed E-state index contributed by atoms with van der Waals surface area (Å²) in [6.07, 6.45) is 1.29. The topological polar surface area (TPSA) is 55.4 Å². The molecule has 0 fully saturated rings. The maximum Gasteiger partial charge on any atom is 0.262 e. The minimum Gasteiger partial charge on any atom is -0.483 e. The first-order valence-electron chi connectivity index (χ1n) is 7.87. The van der Waals surface area contributed by atoms with Crippen molar-refractivity contribution < 1.29 is 14.3 Å². The Balaban J connectivity index is 1.99. The van der Waals surface area contributed by atoms with Crippen molar-refractivity contribution in [1.82, 2.24) is 0 Å². The molecule has 0 radical (unpaired) electrons. The fraction of sp³-hybridized carbons (Fsp3) is 0.263. The number of benzene rings is 2. The Morgan fingerprint density at radius 3 is 2.42 bits per heavy atom. The number of carbonyl (C=O) groups excluding carboxylic acids is 2. The molecule has 0 aliphatic heterocycles. The van der Waals surface area contributed by atoms with E-state index in [9.17, 15) is 9.59 Å². The molecule has 126 valence electrons. The van der Waals surface area contributed by atoms with E-state index in [1.165, 1.54) is 5.56 Å². The molecule has 2 rings (SSSR count). The van der Waals surface area contributed by atoms with Gasteiger partial charge in [0.1, 0.15) is 5.75 Å². The first-order valence-corrected chi connectivity index (χ1v) is 8.25. The maximum atomic E-state index is 12.0. The third kappa shape index (κ3) is 4.83. The zero-order valence-corrected chi connectivity index (χ0v) is 14.5. The molecule has 0 aliphatic carbocycles. The summed E-state index contributed by atoms with van der Waals surface area (Å²) >= 11 is 5.93. The molecule has 1 N–H and O–H groups in total. The molecule has 0 aliphatic rings. The number of anilines is 1. The summed E-state index contributed by atoms with van der Waals surface area (Å²) in [4.78, 5) is 24.0. The summed E-state index contributed by atoms with van der Waals surface area (Å²) in [5.41, 5.74) is 2.31. The number of rotatable bonds is 7. The van der Waals surface area contributed by atoms with Gasteiger partial charge in [0.2, 0.25) is 0 Å². The molecule has 0 heterocycles. The number of ketones is 1. The summed E-state index contributed by atoms with van der Waals surface area (Å²) in [7, 11) is 0. The summed E-state index contributed by atoms with van der Waals surface area (Å²) in [6, 6.07) is 12.4. The van der Waals surface area contributed by atoms with Crippen LogP contribution in [-0.2, 0) is 11.2 Å². The summed E-state index contributed by atoms with van der Waals surface area (Å²) in [5.74, 6) is -0.00473. The molecule has 2 aromatic carbocycles. The van der Waals surface area contributed by atoms with Gasteiger partial charge in [0.25, 0.3) is 5.91 Å². The maximum absolute atomic E-state index is 12.0. The molecule has 0 atom stereocenters. The van der Waals surface area contributed by atoms with Crippen molar-refractivity contribution in [3.63, 3.8) is 0 Å². The van der Waals surface area contributed by atoms with Crippen LogP contribution in [0.1, 0.15) is 36.2 Å². The molecule has 4 nitrogen and oxygen atoms in total. The third-order valence-electron chi connectivity index (χ3n) is 3.57. The van der Waals surface area contributed by atoms with Gasteiger partial charge in [-0.15, -0.1) is 0 Å². The normalized spacial score (nSPS) is 10.3.